The molecule has 3 heterocycles. The zero-order chi connectivity index (χ0) is 20.5. The van der Waals surface area contributed by atoms with E-state index in [9.17, 15) is 4.79 Å². The van der Waals surface area contributed by atoms with Gasteiger partial charge in [0.15, 0.2) is 5.58 Å². The molecule has 0 unspecified atom stereocenters. The number of aromatic nitrogens is 5. The minimum atomic E-state index is -0.324. The summed E-state index contributed by atoms with van der Waals surface area (Å²) in [6.45, 7) is 2.01. The molecule has 0 atom stereocenters. The van der Waals surface area contributed by atoms with Crippen LogP contribution < -0.4 is 5.32 Å². The largest absolute Gasteiger partial charge is 0.436 e. The number of hydrogen-bond donors (Lipinski definition) is 1. The molecule has 8 nitrogen and oxygen atoms in total. The van der Waals surface area contributed by atoms with Crippen LogP contribution in [0.2, 0.25) is 0 Å². The molecule has 0 radical (unpaired) electrons. The predicted molar refractivity (Wildman–Crippen MR) is 111 cm³/mol. The maximum absolute atomic E-state index is 12.7. The third kappa shape index (κ3) is 3.42. The Balaban J connectivity index is 1.40. The van der Waals surface area contributed by atoms with Gasteiger partial charge in [-0.25, -0.2) is 9.97 Å². The molecule has 0 fully saturated rings. The first-order valence-corrected chi connectivity index (χ1v) is 9.27. The maximum Gasteiger partial charge on any atom is 0.274 e. The molecule has 5 rings (SSSR count). The number of nitrogens with zero attached hydrogens (tertiary/aromatic N) is 5. The Morgan fingerprint density at radius 3 is 2.67 bits per heavy atom. The van der Waals surface area contributed by atoms with Crippen molar-refractivity contribution in [3.05, 3.63) is 84.6 Å². The molecule has 0 spiro atoms. The van der Waals surface area contributed by atoms with Crippen molar-refractivity contribution in [2.24, 2.45) is 0 Å². The van der Waals surface area contributed by atoms with Gasteiger partial charge < -0.3 is 9.73 Å². The van der Waals surface area contributed by atoms with Crippen molar-refractivity contribution in [3.8, 4) is 17.3 Å². The van der Waals surface area contributed by atoms with Gasteiger partial charge in [-0.05, 0) is 55.0 Å². The van der Waals surface area contributed by atoms with Gasteiger partial charge in [-0.3, -0.25) is 9.36 Å². The van der Waals surface area contributed by atoms with Crippen LogP contribution in [-0.2, 0) is 0 Å². The van der Waals surface area contributed by atoms with E-state index >= 15 is 0 Å². The van der Waals surface area contributed by atoms with Crippen LogP contribution in [0.15, 0.2) is 77.7 Å². The summed E-state index contributed by atoms with van der Waals surface area (Å²) in [7, 11) is 0. The van der Waals surface area contributed by atoms with E-state index in [2.05, 4.69) is 25.5 Å². The summed E-state index contributed by atoms with van der Waals surface area (Å²) in [6, 6.07) is 18.4. The van der Waals surface area contributed by atoms with Crippen molar-refractivity contribution < 1.29 is 9.21 Å². The molecule has 8 heteroatoms. The van der Waals surface area contributed by atoms with Crippen LogP contribution in [0.4, 0.5) is 5.69 Å². The molecule has 2 aromatic carbocycles. The number of aryl methyl sites for hydroxylation is 1. The molecule has 30 heavy (non-hydrogen) atoms. The molecule has 0 saturated carbocycles. The third-order valence-electron chi connectivity index (χ3n) is 4.56. The molecule has 0 bridgehead atoms. The number of oxazole rings is 1. The molecule has 0 aliphatic carbocycles. The van der Waals surface area contributed by atoms with E-state index in [0.717, 1.165) is 22.2 Å². The molecule has 0 aliphatic rings. The van der Waals surface area contributed by atoms with Gasteiger partial charge >= 0.3 is 0 Å². The number of carbonyl (C=O) groups is 1. The zero-order valence-corrected chi connectivity index (χ0v) is 16.0. The maximum atomic E-state index is 12.7. The van der Waals surface area contributed by atoms with Crippen LogP contribution in [0.5, 0.6) is 0 Å². The fourth-order valence-corrected chi connectivity index (χ4v) is 3.10. The lowest BCUT2D eigenvalue weighted by molar-refractivity contribution is 0.102. The lowest BCUT2D eigenvalue weighted by atomic mass is 10.2. The van der Waals surface area contributed by atoms with Crippen molar-refractivity contribution in [1.82, 2.24) is 24.7 Å². The van der Waals surface area contributed by atoms with E-state index in [4.69, 9.17) is 4.42 Å². The lowest BCUT2D eigenvalue weighted by Gasteiger charge is -2.07. The molecule has 0 saturated heterocycles. The Bertz CT molecular complexity index is 1360. The van der Waals surface area contributed by atoms with E-state index in [1.807, 2.05) is 43.3 Å². The number of benzene rings is 2. The third-order valence-corrected chi connectivity index (χ3v) is 4.56. The highest BCUT2D eigenvalue weighted by atomic mass is 16.3. The highest BCUT2D eigenvalue weighted by molar-refractivity contribution is 6.03. The van der Waals surface area contributed by atoms with Gasteiger partial charge in [0.1, 0.15) is 29.7 Å². The Kier molecular flexibility index (Phi) is 4.29. The fraction of sp³-hybridized carbons (Fsp3) is 0.0455. The quantitative estimate of drug-likeness (QED) is 0.492. The molecular weight excluding hydrogens is 380 g/mol. The number of pyridine rings is 1. The van der Waals surface area contributed by atoms with Gasteiger partial charge in [0.05, 0.1) is 0 Å². The molecule has 5 aromatic rings. The van der Waals surface area contributed by atoms with Crippen LogP contribution in [0, 0.1) is 6.92 Å². The number of carbonyl (C=O) groups excluding carboxylic acids is 1. The standard InChI is InChI=1S/C22H16N6O2/c1-14-8-9-19-18(10-14)27-22(30-19)15-4-2-5-16(11-15)25-21(29)17-6-3-7-20(26-17)28-12-23-24-13-28/h2-13H,1H3,(H,25,29). The number of hydrogen-bond acceptors (Lipinski definition) is 6. The first kappa shape index (κ1) is 17.7. The number of anilines is 1. The second kappa shape index (κ2) is 7.25. The van der Waals surface area contributed by atoms with Gasteiger partial charge in [-0.15, -0.1) is 10.2 Å². The van der Waals surface area contributed by atoms with Crippen LogP contribution in [0.1, 0.15) is 16.1 Å². The summed E-state index contributed by atoms with van der Waals surface area (Å²) in [5, 5.41) is 10.4. The van der Waals surface area contributed by atoms with Crippen molar-refractivity contribution in [3.63, 3.8) is 0 Å². The highest BCUT2D eigenvalue weighted by Gasteiger charge is 2.12. The Hall–Kier alpha value is -4.33. The van der Waals surface area contributed by atoms with Crippen molar-refractivity contribution in [2.75, 3.05) is 5.32 Å². The van der Waals surface area contributed by atoms with Crippen LogP contribution >= 0.6 is 0 Å². The Labute approximate surface area is 171 Å². The smallest absolute Gasteiger partial charge is 0.274 e. The van der Waals surface area contributed by atoms with Crippen molar-refractivity contribution in [2.45, 2.75) is 6.92 Å². The predicted octanol–water partition coefficient (Wildman–Crippen LogP) is 4.03. The van der Waals surface area contributed by atoms with Gasteiger partial charge in [0, 0.05) is 11.3 Å². The second-order valence-corrected chi connectivity index (χ2v) is 6.78. The minimum absolute atomic E-state index is 0.281. The highest BCUT2D eigenvalue weighted by Crippen LogP contribution is 2.26. The Morgan fingerprint density at radius 1 is 0.967 bits per heavy atom. The number of rotatable bonds is 4. The summed E-state index contributed by atoms with van der Waals surface area (Å²) in [5.41, 5.74) is 4.31. The van der Waals surface area contributed by atoms with E-state index in [1.54, 1.807) is 28.8 Å². The van der Waals surface area contributed by atoms with Crippen LogP contribution in [-0.4, -0.2) is 30.6 Å². The van der Waals surface area contributed by atoms with Gasteiger partial charge in [0.25, 0.3) is 5.91 Å². The van der Waals surface area contributed by atoms with Crippen molar-refractivity contribution in [1.29, 1.82) is 0 Å². The summed E-state index contributed by atoms with van der Waals surface area (Å²) >= 11 is 0. The molecule has 0 aliphatic heterocycles. The van der Waals surface area contributed by atoms with Crippen molar-refractivity contribution >= 4 is 22.7 Å². The van der Waals surface area contributed by atoms with E-state index in [0.29, 0.717) is 17.4 Å². The van der Waals surface area contributed by atoms with E-state index in [1.165, 1.54) is 12.7 Å². The SMILES string of the molecule is Cc1ccc2oc(-c3cccc(NC(=O)c4cccc(-n5cnnc5)n4)c3)nc2c1. The van der Waals surface area contributed by atoms with Crippen LogP contribution in [0.3, 0.4) is 0 Å². The monoisotopic (exact) mass is 396 g/mol. The molecule has 1 amide bonds. The first-order chi connectivity index (χ1) is 14.7. The average molecular weight is 396 g/mol. The summed E-state index contributed by atoms with van der Waals surface area (Å²) in [6.07, 6.45) is 3.05. The molecule has 1 N–H and O–H groups in total. The number of amides is 1. The topological polar surface area (TPSA) is 98.7 Å². The van der Waals surface area contributed by atoms with E-state index < -0.39 is 0 Å². The molecular formula is C22H16N6O2. The fourth-order valence-electron chi connectivity index (χ4n) is 3.10. The van der Waals surface area contributed by atoms with Crippen LogP contribution in [0.25, 0.3) is 28.4 Å². The number of fused-ring (bicyclic) bond motifs is 1. The molecule has 3 aromatic heterocycles. The lowest BCUT2D eigenvalue weighted by Crippen LogP contribution is -2.14. The average Bonchev–Trinajstić information content (AvgIpc) is 3.44. The first-order valence-electron chi connectivity index (χ1n) is 9.27. The van der Waals surface area contributed by atoms with E-state index in [-0.39, 0.29) is 11.6 Å². The van der Waals surface area contributed by atoms with Gasteiger partial charge in [0.2, 0.25) is 5.89 Å². The minimum Gasteiger partial charge on any atom is -0.436 e. The summed E-state index contributed by atoms with van der Waals surface area (Å²) < 4.78 is 7.49. The zero-order valence-electron chi connectivity index (χ0n) is 16.0. The number of nitrogens with one attached hydrogen (secondary N) is 1. The second-order valence-electron chi connectivity index (χ2n) is 6.78. The summed E-state index contributed by atoms with van der Waals surface area (Å²) in [5.74, 6) is 0.734. The molecule has 146 valence electrons. The normalized spacial score (nSPS) is 11.0. The summed E-state index contributed by atoms with van der Waals surface area (Å²) in [4.78, 5) is 21.6. The van der Waals surface area contributed by atoms with Gasteiger partial charge in [-0.1, -0.05) is 18.2 Å². The Morgan fingerprint density at radius 2 is 1.80 bits per heavy atom. The van der Waals surface area contributed by atoms with Gasteiger partial charge in [-0.2, -0.15) is 0 Å².